The van der Waals surface area contributed by atoms with Crippen LogP contribution in [0.4, 0.5) is 0 Å². The van der Waals surface area contributed by atoms with Gasteiger partial charge in [0.15, 0.2) is 0 Å². The second-order valence-electron chi connectivity index (χ2n) is 2.38. The highest BCUT2D eigenvalue weighted by atomic mass is 16.5. The Bertz CT molecular complexity index is 238. The smallest absolute Gasteiger partial charge is 0.123 e. The van der Waals surface area contributed by atoms with Crippen molar-refractivity contribution in [2.75, 3.05) is 13.2 Å². The highest BCUT2D eigenvalue weighted by Crippen LogP contribution is 2.16. The van der Waals surface area contributed by atoms with Crippen LogP contribution in [-0.4, -0.2) is 18.3 Å². The lowest BCUT2D eigenvalue weighted by Crippen LogP contribution is -2.05. The van der Waals surface area contributed by atoms with Crippen molar-refractivity contribution < 1.29 is 9.84 Å². The first-order chi connectivity index (χ1) is 5.88. The van der Waals surface area contributed by atoms with E-state index in [1.54, 1.807) is 0 Å². The summed E-state index contributed by atoms with van der Waals surface area (Å²) in [4.78, 5) is 0. The molecule has 3 heteroatoms. The van der Waals surface area contributed by atoms with Crippen molar-refractivity contribution in [1.29, 1.82) is 0 Å². The van der Waals surface area contributed by atoms with Gasteiger partial charge >= 0.3 is 0 Å². The topological polar surface area (TPSA) is 55.5 Å². The molecule has 0 aliphatic carbocycles. The van der Waals surface area contributed by atoms with Crippen LogP contribution in [0.25, 0.3) is 0 Å². The van der Waals surface area contributed by atoms with E-state index in [0.29, 0.717) is 13.2 Å². The zero-order chi connectivity index (χ0) is 8.81. The van der Waals surface area contributed by atoms with Crippen LogP contribution in [0, 0.1) is 0 Å². The van der Waals surface area contributed by atoms with Gasteiger partial charge in [0.05, 0.1) is 6.61 Å². The maximum Gasteiger partial charge on any atom is 0.123 e. The van der Waals surface area contributed by atoms with Crippen molar-refractivity contribution in [3.63, 3.8) is 0 Å². The zero-order valence-electron chi connectivity index (χ0n) is 6.86. The number of aliphatic hydroxyl groups is 1. The summed E-state index contributed by atoms with van der Waals surface area (Å²) in [5, 5.41) is 8.53. The van der Waals surface area contributed by atoms with E-state index in [1.165, 1.54) is 0 Å². The third kappa shape index (κ3) is 2.22. The van der Waals surface area contributed by atoms with Crippen molar-refractivity contribution in [3.05, 3.63) is 29.8 Å². The number of nitrogens with two attached hydrogens (primary N) is 1. The van der Waals surface area contributed by atoms with Crippen molar-refractivity contribution in [3.8, 4) is 5.75 Å². The zero-order valence-corrected chi connectivity index (χ0v) is 6.86. The molecule has 0 saturated heterocycles. The van der Waals surface area contributed by atoms with E-state index in [0.717, 1.165) is 11.3 Å². The molecule has 0 unspecified atom stereocenters. The normalized spacial score (nSPS) is 9.83. The van der Waals surface area contributed by atoms with Crippen LogP contribution < -0.4 is 10.5 Å². The molecule has 0 radical (unpaired) electrons. The largest absolute Gasteiger partial charge is 0.491 e. The monoisotopic (exact) mass is 167 g/mol. The molecule has 0 fully saturated rings. The number of aliphatic hydroxyl groups excluding tert-OH is 1. The van der Waals surface area contributed by atoms with Crippen LogP contribution in [0.3, 0.4) is 0 Å². The minimum atomic E-state index is 0.0267. The SMILES string of the molecule is NCc1ccccc1OCCO. The summed E-state index contributed by atoms with van der Waals surface area (Å²) in [6.45, 7) is 0.803. The van der Waals surface area contributed by atoms with Gasteiger partial charge in [0.1, 0.15) is 12.4 Å². The van der Waals surface area contributed by atoms with Gasteiger partial charge in [-0.2, -0.15) is 0 Å². The van der Waals surface area contributed by atoms with Crippen molar-refractivity contribution >= 4 is 0 Å². The number of hydrogen-bond donors (Lipinski definition) is 2. The molecule has 0 aliphatic heterocycles. The Kier molecular flexibility index (Phi) is 3.57. The summed E-state index contributed by atoms with van der Waals surface area (Å²) in [7, 11) is 0. The fraction of sp³-hybridized carbons (Fsp3) is 0.333. The first-order valence-electron chi connectivity index (χ1n) is 3.90. The van der Waals surface area contributed by atoms with E-state index in [-0.39, 0.29) is 6.61 Å². The minimum absolute atomic E-state index is 0.0267. The lowest BCUT2D eigenvalue weighted by Gasteiger charge is -2.07. The number of benzene rings is 1. The molecule has 0 amide bonds. The average Bonchev–Trinajstić information content (AvgIpc) is 2.15. The van der Waals surface area contributed by atoms with Crippen molar-refractivity contribution in [2.24, 2.45) is 5.73 Å². The molecule has 0 bridgehead atoms. The maximum atomic E-state index is 8.53. The summed E-state index contributed by atoms with van der Waals surface area (Å²) in [6, 6.07) is 7.55. The summed E-state index contributed by atoms with van der Waals surface area (Å²) in [6.07, 6.45) is 0. The summed E-state index contributed by atoms with van der Waals surface area (Å²) < 4.78 is 5.25. The van der Waals surface area contributed by atoms with Crippen LogP contribution in [0.1, 0.15) is 5.56 Å². The van der Waals surface area contributed by atoms with Crippen molar-refractivity contribution in [1.82, 2.24) is 0 Å². The molecule has 3 N–H and O–H groups in total. The van der Waals surface area contributed by atoms with Gasteiger partial charge in [0, 0.05) is 12.1 Å². The number of para-hydroxylation sites is 1. The fourth-order valence-corrected chi connectivity index (χ4v) is 0.969. The summed E-state index contributed by atoms with van der Waals surface area (Å²) in [5.74, 6) is 0.758. The lowest BCUT2D eigenvalue weighted by molar-refractivity contribution is 0.200. The lowest BCUT2D eigenvalue weighted by atomic mass is 10.2. The van der Waals surface area contributed by atoms with E-state index in [4.69, 9.17) is 15.6 Å². The molecule has 1 aromatic rings. The van der Waals surface area contributed by atoms with E-state index in [1.807, 2.05) is 24.3 Å². The van der Waals surface area contributed by atoms with Crippen molar-refractivity contribution in [2.45, 2.75) is 6.54 Å². The third-order valence-electron chi connectivity index (χ3n) is 1.54. The maximum absolute atomic E-state index is 8.53. The molecule has 3 nitrogen and oxygen atoms in total. The highest BCUT2D eigenvalue weighted by Gasteiger charge is 1.98. The summed E-state index contributed by atoms with van der Waals surface area (Å²) >= 11 is 0. The molecular formula is C9H13NO2. The molecule has 12 heavy (non-hydrogen) atoms. The van der Waals surface area contributed by atoms with Gasteiger partial charge < -0.3 is 15.6 Å². The van der Waals surface area contributed by atoms with Crippen LogP contribution >= 0.6 is 0 Å². The van der Waals surface area contributed by atoms with E-state index < -0.39 is 0 Å². The Balaban J connectivity index is 2.68. The van der Waals surface area contributed by atoms with Crippen LogP contribution in [0.5, 0.6) is 5.75 Å². The first-order valence-corrected chi connectivity index (χ1v) is 3.90. The average molecular weight is 167 g/mol. The molecular weight excluding hydrogens is 154 g/mol. The molecule has 66 valence electrons. The standard InChI is InChI=1S/C9H13NO2/c10-7-8-3-1-2-4-9(8)12-6-5-11/h1-4,11H,5-7,10H2. The van der Waals surface area contributed by atoms with Gasteiger partial charge in [-0.05, 0) is 6.07 Å². The highest BCUT2D eigenvalue weighted by molar-refractivity contribution is 5.32. The number of ether oxygens (including phenoxy) is 1. The van der Waals surface area contributed by atoms with Gasteiger partial charge in [0.25, 0.3) is 0 Å². The number of hydrogen-bond acceptors (Lipinski definition) is 3. The van der Waals surface area contributed by atoms with Gasteiger partial charge in [-0.1, -0.05) is 18.2 Å². The Hall–Kier alpha value is -1.06. The number of rotatable bonds is 4. The quantitative estimate of drug-likeness (QED) is 0.687. The molecule has 1 rings (SSSR count). The molecule has 0 aliphatic rings. The second kappa shape index (κ2) is 4.74. The van der Waals surface area contributed by atoms with Gasteiger partial charge in [0.2, 0.25) is 0 Å². The first kappa shape index (κ1) is 9.03. The molecule has 0 atom stereocenters. The molecule has 0 aromatic heterocycles. The predicted molar refractivity (Wildman–Crippen MR) is 46.9 cm³/mol. The second-order valence-corrected chi connectivity index (χ2v) is 2.38. The minimum Gasteiger partial charge on any atom is -0.491 e. The molecule has 0 heterocycles. The van der Waals surface area contributed by atoms with E-state index in [2.05, 4.69) is 0 Å². The van der Waals surface area contributed by atoms with Crippen LogP contribution in [-0.2, 0) is 6.54 Å². The molecule has 0 saturated carbocycles. The third-order valence-corrected chi connectivity index (χ3v) is 1.54. The Morgan fingerprint density at radius 2 is 2.08 bits per heavy atom. The van der Waals surface area contributed by atoms with E-state index in [9.17, 15) is 0 Å². The van der Waals surface area contributed by atoms with Gasteiger partial charge in [-0.3, -0.25) is 0 Å². The van der Waals surface area contributed by atoms with Crippen LogP contribution in [0.15, 0.2) is 24.3 Å². The van der Waals surface area contributed by atoms with Crippen LogP contribution in [0.2, 0.25) is 0 Å². The van der Waals surface area contributed by atoms with Gasteiger partial charge in [-0.25, -0.2) is 0 Å². The Morgan fingerprint density at radius 1 is 1.33 bits per heavy atom. The van der Waals surface area contributed by atoms with E-state index >= 15 is 0 Å². The Morgan fingerprint density at radius 3 is 2.75 bits per heavy atom. The van der Waals surface area contributed by atoms with Gasteiger partial charge in [-0.15, -0.1) is 0 Å². The summed E-state index contributed by atoms with van der Waals surface area (Å²) in [5.41, 5.74) is 6.44. The molecule has 0 spiro atoms. The Labute approximate surface area is 71.8 Å². The predicted octanol–water partition coefficient (Wildman–Crippen LogP) is 0.516. The fourth-order valence-electron chi connectivity index (χ4n) is 0.969. The molecule has 1 aromatic carbocycles.